The van der Waals surface area contributed by atoms with E-state index in [0.29, 0.717) is 6.54 Å². The number of carbonyl (C=O) groups excluding carboxylic acids is 1. The van der Waals surface area contributed by atoms with E-state index in [1.165, 1.54) is 0 Å². The van der Waals surface area contributed by atoms with Gasteiger partial charge in [-0.2, -0.15) is 0 Å². The SMILES string of the molecule is C[C@H](N)c1csc2c1C(=O)NC2. The van der Waals surface area contributed by atoms with Crippen LogP contribution in [-0.4, -0.2) is 5.91 Å². The zero-order chi connectivity index (χ0) is 8.72. The number of rotatable bonds is 1. The summed E-state index contributed by atoms with van der Waals surface area (Å²) in [7, 11) is 0. The van der Waals surface area contributed by atoms with E-state index in [2.05, 4.69) is 5.32 Å². The topological polar surface area (TPSA) is 55.1 Å². The molecule has 64 valence electrons. The van der Waals surface area contributed by atoms with Crippen LogP contribution >= 0.6 is 11.3 Å². The fraction of sp³-hybridized carbons (Fsp3) is 0.375. The van der Waals surface area contributed by atoms with Gasteiger partial charge in [0.1, 0.15) is 0 Å². The van der Waals surface area contributed by atoms with Crippen molar-refractivity contribution in [3.63, 3.8) is 0 Å². The van der Waals surface area contributed by atoms with Gasteiger partial charge in [0, 0.05) is 10.9 Å². The fourth-order valence-electron chi connectivity index (χ4n) is 1.39. The Morgan fingerprint density at radius 1 is 1.75 bits per heavy atom. The molecule has 2 rings (SSSR count). The van der Waals surface area contributed by atoms with Crippen LogP contribution in [0.1, 0.15) is 33.8 Å². The van der Waals surface area contributed by atoms with E-state index in [1.54, 1.807) is 11.3 Å². The molecule has 1 aliphatic heterocycles. The van der Waals surface area contributed by atoms with Gasteiger partial charge in [0.05, 0.1) is 12.1 Å². The quantitative estimate of drug-likeness (QED) is 0.681. The zero-order valence-electron chi connectivity index (χ0n) is 6.76. The summed E-state index contributed by atoms with van der Waals surface area (Å²) in [6.45, 7) is 2.57. The molecule has 12 heavy (non-hydrogen) atoms. The summed E-state index contributed by atoms with van der Waals surface area (Å²) < 4.78 is 0. The highest BCUT2D eigenvalue weighted by molar-refractivity contribution is 7.10. The molecule has 0 saturated heterocycles. The van der Waals surface area contributed by atoms with Crippen molar-refractivity contribution >= 4 is 17.2 Å². The van der Waals surface area contributed by atoms with Crippen LogP contribution in [0.3, 0.4) is 0 Å². The Labute approximate surface area is 74.6 Å². The lowest BCUT2D eigenvalue weighted by Crippen LogP contribution is -2.16. The molecule has 0 bridgehead atoms. The van der Waals surface area contributed by atoms with Crippen LogP contribution in [0.5, 0.6) is 0 Å². The van der Waals surface area contributed by atoms with Gasteiger partial charge < -0.3 is 11.1 Å². The van der Waals surface area contributed by atoms with E-state index in [-0.39, 0.29) is 11.9 Å². The highest BCUT2D eigenvalue weighted by atomic mass is 32.1. The second-order valence-electron chi connectivity index (χ2n) is 2.96. The molecule has 1 aromatic rings. The molecule has 0 unspecified atom stereocenters. The van der Waals surface area contributed by atoms with Gasteiger partial charge in [0.2, 0.25) is 0 Å². The summed E-state index contributed by atoms with van der Waals surface area (Å²) in [4.78, 5) is 12.4. The molecule has 2 heterocycles. The lowest BCUT2D eigenvalue weighted by Gasteiger charge is -2.02. The number of fused-ring (bicyclic) bond motifs is 1. The monoisotopic (exact) mass is 182 g/mol. The standard InChI is InChI=1S/C8H10N2OS/c1-4(9)5-3-12-6-2-10-8(11)7(5)6/h3-4H,2,9H2,1H3,(H,10,11)/t4-/m0/s1. The molecule has 0 spiro atoms. The number of hydrogen-bond donors (Lipinski definition) is 2. The first kappa shape index (κ1) is 7.76. The molecule has 0 radical (unpaired) electrons. The van der Waals surface area contributed by atoms with Crippen LogP contribution in [0.4, 0.5) is 0 Å². The van der Waals surface area contributed by atoms with Crippen LogP contribution in [-0.2, 0) is 6.54 Å². The van der Waals surface area contributed by atoms with Crippen molar-refractivity contribution in [1.82, 2.24) is 5.32 Å². The van der Waals surface area contributed by atoms with Gasteiger partial charge in [-0.3, -0.25) is 4.79 Å². The van der Waals surface area contributed by atoms with Gasteiger partial charge in [0.15, 0.2) is 0 Å². The summed E-state index contributed by atoms with van der Waals surface area (Å²) in [6.07, 6.45) is 0. The van der Waals surface area contributed by atoms with Crippen LogP contribution in [0.2, 0.25) is 0 Å². The first-order chi connectivity index (χ1) is 5.70. The number of nitrogens with one attached hydrogen (secondary N) is 1. The maximum atomic E-state index is 11.3. The molecule has 0 saturated carbocycles. The first-order valence-electron chi connectivity index (χ1n) is 3.84. The van der Waals surface area contributed by atoms with Crippen LogP contribution in [0.15, 0.2) is 5.38 Å². The number of hydrogen-bond acceptors (Lipinski definition) is 3. The van der Waals surface area contributed by atoms with E-state index >= 15 is 0 Å². The highest BCUT2D eigenvalue weighted by Crippen LogP contribution is 2.29. The molecule has 1 amide bonds. The Bertz CT molecular complexity index is 330. The number of nitrogens with two attached hydrogens (primary N) is 1. The first-order valence-corrected chi connectivity index (χ1v) is 4.72. The lowest BCUT2D eigenvalue weighted by molar-refractivity contribution is 0.0964. The minimum Gasteiger partial charge on any atom is -0.347 e. The van der Waals surface area contributed by atoms with Crippen molar-refractivity contribution < 1.29 is 4.79 Å². The van der Waals surface area contributed by atoms with Crippen LogP contribution in [0.25, 0.3) is 0 Å². The van der Waals surface area contributed by atoms with E-state index in [9.17, 15) is 4.79 Å². The van der Waals surface area contributed by atoms with Crippen molar-refractivity contribution in [1.29, 1.82) is 0 Å². The molecular formula is C8H10N2OS. The predicted molar refractivity (Wildman–Crippen MR) is 48.1 cm³/mol. The molecule has 0 aromatic carbocycles. The van der Waals surface area contributed by atoms with Crippen molar-refractivity contribution in [3.05, 3.63) is 21.4 Å². The lowest BCUT2D eigenvalue weighted by atomic mass is 10.1. The average molecular weight is 182 g/mol. The van der Waals surface area contributed by atoms with E-state index < -0.39 is 0 Å². The van der Waals surface area contributed by atoms with Gasteiger partial charge in [-0.25, -0.2) is 0 Å². The normalized spacial score (nSPS) is 17.3. The average Bonchev–Trinajstić information content (AvgIpc) is 2.53. The number of carbonyl (C=O) groups is 1. The predicted octanol–water partition coefficient (Wildman–Crippen LogP) is 1.01. The third-order valence-corrected chi connectivity index (χ3v) is 3.03. The molecule has 0 fully saturated rings. The summed E-state index contributed by atoms with van der Waals surface area (Å²) >= 11 is 1.61. The zero-order valence-corrected chi connectivity index (χ0v) is 7.57. The van der Waals surface area contributed by atoms with E-state index in [4.69, 9.17) is 5.73 Å². The molecular weight excluding hydrogens is 172 g/mol. The fourth-order valence-corrected chi connectivity index (χ4v) is 2.47. The van der Waals surface area contributed by atoms with Crippen LogP contribution in [0, 0.1) is 0 Å². The van der Waals surface area contributed by atoms with Crippen molar-refractivity contribution in [2.75, 3.05) is 0 Å². The van der Waals surface area contributed by atoms with Gasteiger partial charge in [-0.05, 0) is 17.9 Å². The minimum absolute atomic E-state index is 0.0264. The third kappa shape index (κ3) is 0.956. The molecule has 1 aliphatic rings. The maximum Gasteiger partial charge on any atom is 0.253 e. The van der Waals surface area contributed by atoms with Gasteiger partial charge in [0.25, 0.3) is 5.91 Å². The summed E-state index contributed by atoms with van der Waals surface area (Å²) in [6, 6.07) is -0.0474. The van der Waals surface area contributed by atoms with E-state index in [1.807, 2.05) is 12.3 Å². The molecule has 1 aromatic heterocycles. The van der Waals surface area contributed by atoms with Crippen molar-refractivity contribution in [2.24, 2.45) is 5.73 Å². The van der Waals surface area contributed by atoms with Crippen molar-refractivity contribution in [2.45, 2.75) is 19.5 Å². The maximum absolute atomic E-state index is 11.3. The molecule has 3 N–H and O–H groups in total. The Morgan fingerprint density at radius 2 is 2.50 bits per heavy atom. The minimum atomic E-state index is -0.0474. The van der Waals surface area contributed by atoms with Gasteiger partial charge in [-0.1, -0.05) is 0 Å². The largest absolute Gasteiger partial charge is 0.347 e. The molecule has 1 atom stereocenters. The summed E-state index contributed by atoms with van der Waals surface area (Å²) in [5.74, 6) is 0.0264. The number of amides is 1. The Kier molecular flexibility index (Phi) is 1.66. The Morgan fingerprint density at radius 3 is 3.17 bits per heavy atom. The smallest absolute Gasteiger partial charge is 0.253 e. The third-order valence-electron chi connectivity index (χ3n) is 2.02. The summed E-state index contributed by atoms with van der Waals surface area (Å²) in [5.41, 5.74) is 7.51. The molecule has 0 aliphatic carbocycles. The Hall–Kier alpha value is -0.870. The van der Waals surface area contributed by atoms with Crippen molar-refractivity contribution in [3.8, 4) is 0 Å². The van der Waals surface area contributed by atoms with Gasteiger partial charge in [-0.15, -0.1) is 11.3 Å². The highest BCUT2D eigenvalue weighted by Gasteiger charge is 2.25. The molecule has 3 nitrogen and oxygen atoms in total. The van der Waals surface area contributed by atoms with Crippen LogP contribution < -0.4 is 11.1 Å². The van der Waals surface area contributed by atoms with Gasteiger partial charge >= 0.3 is 0 Å². The second-order valence-corrected chi connectivity index (χ2v) is 3.92. The number of thiophene rings is 1. The Balaban J connectivity index is 2.53. The summed E-state index contributed by atoms with van der Waals surface area (Å²) in [5, 5.41) is 4.76. The van der Waals surface area contributed by atoms with E-state index in [0.717, 1.165) is 16.0 Å². The second kappa shape index (κ2) is 2.57. The molecule has 4 heteroatoms.